The molecule has 0 N–H and O–H groups in total. The Labute approximate surface area is 181 Å². The number of likely N-dealkylation sites (tertiary alicyclic amines) is 1. The van der Waals surface area contributed by atoms with Crippen molar-refractivity contribution < 1.29 is 28.6 Å². The van der Waals surface area contributed by atoms with Gasteiger partial charge in [-0.15, -0.1) is 0 Å². The van der Waals surface area contributed by atoms with Crippen molar-refractivity contribution in [3.8, 4) is 0 Å². The van der Waals surface area contributed by atoms with Crippen LogP contribution in [0, 0.1) is 0 Å². The monoisotopic (exact) mass is 426 g/mol. The number of ether oxygens (including phenoxy) is 3. The number of hydrogen-bond acceptors (Lipinski definition) is 6. The Bertz CT molecular complexity index is 874. The number of methoxy groups -OCH3 is 1. The number of carbonyl (C=O) groups is 3. The zero-order valence-corrected chi connectivity index (χ0v) is 17.4. The highest BCUT2D eigenvalue weighted by atomic mass is 16.6. The Morgan fingerprint density at radius 2 is 1.52 bits per heavy atom. The second kappa shape index (κ2) is 11.0. The molecule has 0 aliphatic carbocycles. The third-order valence-electron chi connectivity index (χ3n) is 5.03. The van der Waals surface area contributed by atoms with Crippen LogP contribution in [0.3, 0.4) is 0 Å². The molecule has 2 aromatic rings. The largest absolute Gasteiger partial charge is 0.468 e. The predicted molar refractivity (Wildman–Crippen MR) is 112 cm³/mol. The number of benzene rings is 2. The summed E-state index contributed by atoms with van der Waals surface area (Å²) in [6.07, 6.45) is -0.571. The Hall–Kier alpha value is -3.55. The van der Waals surface area contributed by atoms with Crippen LogP contribution < -0.4 is 0 Å². The van der Waals surface area contributed by atoms with E-state index in [2.05, 4.69) is 0 Å². The van der Waals surface area contributed by atoms with Gasteiger partial charge in [0, 0.05) is 13.1 Å². The fourth-order valence-electron chi connectivity index (χ4n) is 3.32. The Morgan fingerprint density at radius 3 is 2.10 bits per heavy atom. The van der Waals surface area contributed by atoms with Gasteiger partial charge >= 0.3 is 18.2 Å². The topological polar surface area (TPSA) is 85.4 Å². The number of amides is 2. The summed E-state index contributed by atoms with van der Waals surface area (Å²) in [5.41, 5.74) is 1.73. The van der Waals surface area contributed by atoms with Crippen LogP contribution in [0.5, 0.6) is 0 Å². The molecule has 2 amide bonds. The molecule has 0 bridgehead atoms. The third-order valence-corrected chi connectivity index (χ3v) is 5.03. The predicted octanol–water partition coefficient (Wildman–Crippen LogP) is 3.21. The zero-order chi connectivity index (χ0) is 22.1. The summed E-state index contributed by atoms with van der Waals surface area (Å²) < 4.78 is 15.5. The SMILES string of the molecule is COC(=O)CN(C(=O)OCc1ccccc1)C1CCN(C(=O)OCc2ccccc2)C1. The average Bonchev–Trinajstić information content (AvgIpc) is 3.30. The summed E-state index contributed by atoms with van der Waals surface area (Å²) >= 11 is 0. The van der Waals surface area contributed by atoms with Crippen molar-refractivity contribution in [3.63, 3.8) is 0 Å². The molecule has 8 nitrogen and oxygen atoms in total. The highest BCUT2D eigenvalue weighted by Gasteiger charge is 2.35. The molecule has 1 unspecified atom stereocenters. The average molecular weight is 426 g/mol. The molecule has 164 valence electrons. The quantitative estimate of drug-likeness (QED) is 0.499. The number of hydrogen-bond donors (Lipinski definition) is 0. The summed E-state index contributed by atoms with van der Waals surface area (Å²) in [6, 6.07) is 18.3. The molecule has 1 aliphatic heterocycles. The smallest absolute Gasteiger partial charge is 0.410 e. The first kappa shape index (κ1) is 22.1. The maximum atomic E-state index is 12.7. The van der Waals surface area contributed by atoms with Crippen molar-refractivity contribution in [1.82, 2.24) is 9.80 Å². The van der Waals surface area contributed by atoms with Crippen LogP contribution in [-0.4, -0.2) is 60.7 Å². The lowest BCUT2D eigenvalue weighted by atomic mass is 10.2. The first-order chi connectivity index (χ1) is 15.1. The van der Waals surface area contributed by atoms with Crippen molar-refractivity contribution in [3.05, 3.63) is 71.8 Å². The fourth-order valence-corrected chi connectivity index (χ4v) is 3.32. The second-order valence-corrected chi connectivity index (χ2v) is 7.17. The fraction of sp³-hybridized carbons (Fsp3) is 0.348. The standard InChI is InChI=1S/C23H26N2O6/c1-29-21(26)15-25(23(28)31-17-19-10-6-3-7-11-19)20-12-13-24(14-20)22(27)30-16-18-8-4-2-5-9-18/h2-11,20H,12-17H2,1H3. The Kier molecular flexibility index (Phi) is 7.86. The lowest BCUT2D eigenvalue weighted by Gasteiger charge is -2.27. The minimum atomic E-state index is -0.626. The highest BCUT2D eigenvalue weighted by Crippen LogP contribution is 2.19. The van der Waals surface area contributed by atoms with E-state index in [0.29, 0.717) is 13.0 Å². The molecular formula is C23H26N2O6. The van der Waals surface area contributed by atoms with E-state index in [1.807, 2.05) is 60.7 Å². The van der Waals surface area contributed by atoms with Crippen LogP contribution in [-0.2, 0) is 32.2 Å². The van der Waals surface area contributed by atoms with Crippen LogP contribution in [0.25, 0.3) is 0 Å². The van der Waals surface area contributed by atoms with Gasteiger partial charge < -0.3 is 19.1 Å². The molecule has 8 heteroatoms. The molecule has 1 atom stereocenters. The number of rotatable bonds is 7. The number of nitrogens with zero attached hydrogens (tertiary/aromatic N) is 2. The maximum absolute atomic E-state index is 12.7. The molecule has 0 radical (unpaired) electrons. The first-order valence-electron chi connectivity index (χ1n) is 10.1. The van der Waals surface area contributed by atoms with Gasteiger partial charge in [0.15, 0.2) is 0 Å². The summed E-state index contributed by atoms with van der Waals surface area (Å²) in [7, 11) is 1.26. The maximum Gasteiger partial charge on any atom is 0.410 e. The van der Waals surface area contributed by atoms with Crippen LogP contribution in [0.15, 0.2) is 60.7 Å². The minimum absolute atomic E-state index is 0.0902. The van der Waals surface area contributed by atoms with Gasteiger partial charge in [-0.05, 0) is 17.5 Å². The first-order valence-corrected chi connectivity index (χ1v) is 10.1. The van der Waals surface area contributed by atoms with Crippen molar-refractivity contribution in [2.45, 2.75) is 25.7 Å². The normalized spacial score (nSPS) is 15.3. The van der Waals surface area contributed by atoms with Gasteiger partial charge in [0.05, 0.1) is 13.2 Å². The van der Waals surface area contributed by atoms with Gasteiger partial charge in [-0.2, -0.15) is 0 Å². The molecule has 3 rings (SSSR count). The molecule has 0 saturated carbocycles. The van der Waals surface area contributed by atoms with Crippen molar-refractivity contribution in [2.75, 3.05) is 26.7 Å². The van der Waals surface area contributed by atoms with Gasteiger partial charge in [-0.25, -0.2) is 9.59 Å². The van der Waals surface area contributed by atoms with Crippen LogP contribution in [0.2, 0.25) is 0 Å². The van der Waals surface area contributed by atoms with Crippen LogP contribution >= 0.6 is 0 Å². The van der Waals surface area contributed by atoms with Gasteiger partial charge in [0.25, 0.3) is 0 Å². The lowest BCUT2D eigenvalue weighted by molar-refractivity contribution is -0.142. The molecule has 31 heavy (non-hydrogen) atoms. The molecule has 0 aromatic heterocycles. The van der Waals surface area contributed by atoms with E-state index in [1.165, 1.54) is 16.9 Å². The Morgan fingerprint density at radius 1 is 0.935 bits per heavy atom. The summed E-state index contributed by atoms with van der Waals surface area (Å²) in [5, 5.41) is 0. The molecule has 1 saturated heterocycles. The van der Waals surface area contributed by atoms with E-state index >= 15 is 0 Å². The highest BCUT2D eigenvalue weighted by molar-refractivity contribution is 5.78. The summed E-state index contributed by atoms with van der Waals surface area (Å²) in [4.78, 5) is 39.8. The number of esters is 1. The Balaban J connectivity index is 1.57. The number of carbonyl (C=O) groups excluding carboxylic acids is 3. The van der Waals surface area contributed by atoms with E-state index in [0.717, 1.165) is 11.1 Å². The lowest BCUT2D eigenvalue weighted by Crippen LogP contribution is -2.45. The van der Waals surface area contributed by atoms with Gasteiger partial charge in [-0.1, -0.05) is 60.7 Å². The van der Waals surface area contributed by atoms with Gasteiger partial charge in [-0.3, -0.25) is 9.69 Å². The van der Waals surface area contributed by atoms with Gasteiger partial charge in [0.1, 0.15) is 19.8 Å². The van der Waals surface area contributed by atoms with Gasteiger partial charge in [0.2, 0.25) is 0 Å². The molecule has 1 heterocycles. The zero-order valence-electron chi connectivity index (χ0n) is 17.4. The van der Waals surface area contributed by atoms with Crippen LogP contribution in [0.4, 0.5) is 9.59 Å². The van der Waals surface area contributed by atoms with E-state index in [-0.39, 0.29) is 32.3 Å². The second-order valence-electron chi connectivity index (χ2n) is 7.17. The van der Waals surface area contributed by atoms with E-state index in [4.69, 9.17) is 14.2 Å². The van der Waals surface area contributed by atoms with Crippen LogP contribution in [0.1, 0.15) is 17.5 Å². The summed E-state index contributed by atoms with van der Waals surface area (Å²) in [5.74, 6) is -0.554. The third kappa shape index (κ3) is 6.47. The van der Waals surface area contributed by atoms with Crippen molar-refractivity contribution in [1.29, 1.82) is 0 Å². The molecule has 0 spiro atoms. The minimum Gasteiger partial charge on any atom is -0.468 e. The summed E-state index contributed by atoms with van der Waals surface area (Å²) in [6.45, 7) is 0.688. The molecule has 1 fully saturated rings. The van der Waals surface area contributed by atoms with E-state index in [1.54, 1.807) is 0 Å². The van der Waals surface area contributed by atoms with E-state index in [9.17, 15) is 14.4 Å². The molecule has 2 aromatic carbocycles. The van der Waals surface area contributed by atoms with E-state index < -0.39 is 18.2 Å². The van der Waals surface area contributed by atoms with Crippen molar-refractivity contribution >= 4 is 18.2 Å². The van der Waals surface area contributed by atoms with Crippen molar-refractivity contribution in [2.24, 2.45) is 0 Å². The molecule has 1 aliphatic rings. The molecular weight excluding hydrogens is 400 g/mol.